The van der Waals surface area contributed by atoms with Crippen LogP contribution in [0.25, 0.3) is 16.6 Å². The van der Waals surface area contributed by atoms with Gasteiger partial charge in [0.1, 0.15) is 12.1 Å². The lowest BCUT2D eigenvalue weighted by Gasteiger charge is -2.09. The van der Waals surface area contributed by atoms with E-state index >= 15 is 0 Å². The number of fused-ring (bicyclic) bond motifs is 1. The van der Waals surface area contributed by atoms with E-state index in [1.807, 2.05) is 30.3 Å². The van der Waals surface area contributed by atoms with Gasteiger partial charge in [-0.3, -0.25) is 14.2 Å². The lowest BCUT2D eigenvalue weighted by Crippen LogP contribution is -2.19. The van der Waals surface area contributed by atoms with Gasteiger partial charge in [-0.15, -0.1) is 0 Å². The molecule has 29 heavy (non-hydrogen) atoms. The third-order valence-corrected chi connectivity index (χ3v) is 4.76. The van der Waals surface area contributed by atoms with E-state index in [4.69, 9.17) is 16.3 Å². The van der Waals surface area contributed by atoms with Crippen LogP contribution in [0.4, 0.5) is 5.69 Å². The fourth-order valence-corrected chi connectivity index (χ4v) is 3.24. The van der Waals surface area contributed by atoms with Gasteiger partial charge in [-0.1, -0.05) is 29.8 Å². The van der Waals surface area contributed by atoms with Crippen LogP contribution >= 0.6 is 11.6 Å². The van der Waals surface area contributed by atoms with Crippen molar-refractivity contribution in [3.8, 4) is 11.4 Å². The number of aromatic nitrogens is 2. The van der Waals surface area contributed by atoms with Crippen LogP contribution in [-0.2, 0) is 0 Å². The number of nitrogens with zero attached hydrogens (tertiary/aromatic N) is 2. The number of carbonyl (C=O) groups is 1. The molecule has 0 aliphatic rings. The van der Waals surface area contributed by atoms with Crippen LogP contribution in [0.3, 0.4) is 0 Å². The number of benzene rings is 3. The highest BCUT2D eigenvalue weighted by Crippen LogP contribution is 2.27. The molecule has 0 atom stereocenters. The van der Waals surface area contributed by atoms with Gasteiger partial charge in [0, 0.05) is 11.3 Å². The third kappa shape index (κ3) is 3.70. The smallest absolute Gasteiger partial charge is 0.265 e. The molecule has 0 radical (unpaired) electrons. The SMILES string of the molecule is COc1ccc(NC(=O)c2ccc3c(=O)n(-c4ccccc4)cnc3c2)cc1Cl. The Morgan fingerprint density at radius 2 is 1.86 bits per heavy atom. The average Bonchev–Trinajstić information content (AvgIpc) is 2.74. The maximum Gasteiger partial charge on any atom is 0.265 e. The van der Waals surface area contributed by atoms with Crippen LogP contribution in [0, 0.1) is 0 Å². The van der Waals surface area contributed by atoms with Crippen LogP contribution in [0.1, 0.15) is 10.4 Å². The van der Waals surface area contributed by atoms with Crippen molar-refractivity contribution in [2.45, 2.75) is 0 Å². The summed E-state index contributed by atoms with van der Waals surface area (Å²) in [5.41, 5.74) is 1.89. The molecule has 0 saturated carbocycles. The van der Waals surface area contributed by atoms with Crippen LogP contribution in [0.5, 0.6) is 5.75 Å². The quantitative estimate of drug-likeness (QED) is 0.549. The molecule has 0 bridgehead atoms. The van der Waals surface area contributed by atoms with Crippen molar-refractivity contribution < 1.29 is 9.53 Å². The molecule has 1 amide bonds. The van der Waals surface area contributed by atoms with Gasteiger partial charge in [-0.25, -0.2) is 4.98 Å². The number of anilines is 1. The van der Waals surface area contributed by atoms with Crippen molar-refractivity contribution in [1.82, 2.24) is 9.55 Å². The zero-order valence-corrected chi connectivity index (χ0v) is 16.2. The standard InChI is InChI=1S/C22H16ClN3O3/c1-29-20-10-8-15(12-18(20)23)25-21(27)14-7-9-17-19(11-14)24-13-26(22(17)28)16-5-3-2-4-6-16/h2-13H,1H3,(H,25,27). The van der Waals surface area contributed by atoms with E-state index in [1.54, 1.807) is 36.4 Å². The zero-order valence-electron chi connectivity index (χ0n) is 15.4. The predicted octanol–water partition coefficient (Wildman–Crippen LogP) is 4.30. The first-order valence-electron chi connectivity index (χ1n) is 8.78. The first-order chi connectivity index (χ1) is 14.1. The largest absolute Gasteiger partial charge is 0.495 e. The summed E-state index contributed by atoms with van der Waals surface area (Å²) >= 11 is 6.10. The Bertz CT molecular complexity index is 1270. The molecule has 0 unspecified atom stereocenters. The van der Waals surface area contributed by atoms with E-state index in [-0.39, 0.29) is 11.5 Å². The second kappa shape index (κ2) is 7.77. The maximum absolute atomic E-state index is 12.8. The van der Waals surface area contributed by atoms with Crippen LogP contribution in [0.2, 0.25) is 5.02 Å². The van der Waals surface area contributed by atoms with Gasteiger partial charge in [0.15, 0.2) is 0 Å². The summed E-state index contributed by atoms with van der Waals surface area (Å²) < 4.78 is 6.58. The summed E-state index contributed by atoms with van der Waals surface area (Å²) in [6, 6.07) is 19.0. The average molecular weight is 406 g/mol. The monoisotopic (exact) mass is 405 g/mol. The Morgan fingerprint density at radius 3 is 2.59 bits per heavy atom. The van der Waals surface area contributed by atoms with Crippen molar-refractivity contribution in [1.29, 1.82) is 0 Å². The summed E-state index contributed by atoms with van der Waals surface area (Å²) in [6.45, 7) is 0. The highest BCUT2D eigenvalue weighted by molar-refractivity contribution is 6.32. The molecular weight excluding hydrogens is 390 g/mol. The Labute approximate surface area is 171 Å². The van der Waals surface area contributed by atoms with Gasteiger partial charge < -0.3 is 10.1 Å². The topological polar surface area (TPSA) is 73.2 Å². The van der Waals surface area contributed by atoms with Crippen molar-refractivity contribution in [2.24, 2.45) is 0 Å². The Balaban J connectivity index is 1.64. The number of carbonyl (C=O) groups excluding carboxylic acids is 1. The van der Waals surface area contributed by atoms with E-state index in [0.717, 1.165) is 5.69 Å². The van der Waals surface area contributed by atoms with Crippen molar-refractivity contribution in [3.05, 3.63) is 94.0 Å². The van der Waals surface area contributed by atoms with E-state index in [0.29, 0.717) is 32.9 Å². The van der Waals surface area contributed by atoms with Crippen molar-refractivity contribution in [2.75, 3.05) is 12.4 Å². The molecule has 0 aliphatic carbocycles. The molecule has 0 aliphatic heterocycles. The third-order valence-electron chi connectivity index (χ3n) is 4.47. The molecule has 0 fully saturated rings. The molecule has 4 rings (SSSR count). The number of rotatable bonds is 4. The minimum Gasteiger partial charge on any atom is -0.495 e. The molecule has 0 spiro atoms. The molecule has 144 valence electrons. The number of ether oxygens (including phenoxy) is 1. The molecule has 1 N–H and O–H groups in total. The fourth-order valence-electron chi connectivity index (χ4n) is 2.98. The molecule has 6 nitrogen and oxygen atoms in total. The fraction of sp³-hybridized carbons (Fsp3) is 0.0455. The highest BCUT2D eigenvalue weighted by Gasteiger charge is 2.12. The molecule has 3 aromatic carbocycles. The molecule has 4 aromatic rings. The Morgan fingerprint density at radius 1 is 1.07 bits per heavy atom. The number of hydrogen-bond acceptors (Lipinski definition) is 4. The molecule has 0 saturated heterocycles. The number of halogens is 1. The second-order valence-electron chi connectivity index (χ2n) is 6.29. The van der Waals surface area contributed by atoms with Gasteiger partial charge in [-0.2, -0.15) is 0 Å². The van der Waals surface area contributed by atoms with E-state index < -0.39 is 0 Å². The van der Waals surface area contributed by atoms with Crippen LogP contribution < -0.4 is 15.6 Å². The van der Waals surface area contributed by atoms with Gasteiger partial charge in [0.2, 0.25) is 0 Å². The second-order valence-corrected chi connectivity index (χ2v) is 6.70. The van der Waals surface area contributed by atoms with Gasteiger partial charge in [0.05, 0.1) is 28.7 Å². The minimum absolute atomic E-state index is 0.199. The lowest BCUT2D eigenvalue weighted by molar-refractivity contribution is 0.102. The Hall–Kier alpha value is -3.64. The first-order valence-corrected chi connectivity index (χ1v) is 9.16. The summed E-state index contributed by atoms with van der Waals surface area (Å²) in [4.78, 5) is 29.7. The predicted molar refractivity (Wildman–Crippen MR) is 113 cm³/mol. The number of methoxy groups -OCH3 is 1. The van der Waals surface area contributed by atoms with Crippen molar-refractivity contribution in [3.63, 3.8) is 0 Å². The number of nitrogens with one attached hydrogen (secondary N) is 1. The lowest BCUT2D eigenvalue weighted by atomic mass is 10.1. The molecule has 1 heterocycles. The highest BCUT2D eigenvalue weighted by atomic mass is 35.5. The summed E-state index contributed by atoms with van der Waals surface area (Å²) in [5.74, 6) is 0.191. The maximum atomic E-state index is 12.8. The number of para-hydroxylation sites is 1. The van der Waals surface area contributed by atoms with Gasteiger partial charge in [0.25, 0.3) is 11.5 Å². The van der Waals surface area contributed by atoms with E-state index in [2.05, 4.69) is 10.3 Å². The first kappa shape index (κ1) is 18.7. The van der Waals surface area contributed by atoms with Crippen LogP contribution in [0.15, 0.2) is 77.9 Å². The van der Waals surface area contributed by atoms with Gasteiger partial charge in [-0.05, 0) is 48.5 Å². The summed E-state index contributed by atoms with van der Waals surface area (Å²) in [6.07, 6.45) is 1.46. The van der Waals surface area contributed by atoms with Crippen LogP contribution in [-0.4, -0.2) is 22.6 Å². The molecular formula is C22H16ClN3O3. The Kier molecular flexibility index (Phi) is 5.01. The van der Waals surface area contributed by atoms with E-state index in [9.17, 15) is 9.59 Å². The number of amides is 1. The molecule has 7 heteroatoms. The zero-order chi connectivity index (χ0) is 20.4. The number of hydrogen-bond donors (Lipinski definition) is 1. The minimum atomic E-state index is -0.331. The van der Waals surface area contributed by atoms with E-state index in [1.165, 1.54) is 18.0 Å². The van der Waals surface area contributed by atoms with Gasteiger partial charge >= 0.3 is 0 Å². The normalized spacial score (nSPS) is 10.7. The summed E-state index contributed by atoms with van der Waals surface area (Å²) in [7, 11) is 1.52. The molecule has 1 aromatic heterocycles. The van der Waals surface area contributed by atoms with Crippen molar-refractivity contribution >= 4 is 34.1 Å². The summed E-state index contributed by atoms with van der Waals surface area (Å²) in [5, 5.41) is 3.60.